The summed E-state index contributed by atoms with van der Waals surface area (Å²) in [5, 5.41) is 2.63. The Morgan fingerprint density at radius 3 is 2.45 bits per heavy atom. The van der Waals surface area contributed by atoms with Gasteiger partial charge in [0, 0.05) is 4.47 Å². The molecule has 2 rings (SSSR count). The fourth-order valence-electron chi connectivity index (χ4n) is 1.75. The molecule has 0 aromatic heterocycles. The minimum absolute atomic E-state index is 0.156. The monoisotopic (exact) mass is 363 g/mol. The Morgan fingerprint density at radius 2 is 1.77 bits per heavy atom. The van der Waals surface area contributed by atoms with Crippen molar-refractivity contribution >= 4 is 33.5 Å². The van der Waals surface area contributed by atoms with E-state index in [1.807, 2.05) is 12.1 Å². The number of hydrogen-bond donors (Lipinski definition) is 1. The van der Waals surface area contributed by atoms with Crippen molar-refractivity contribution in [3.05, 3.63) is 58.6 Å². The van der Waals surface area contributed by atoms with Gasteiger partial charge in [0.25, 0.3) is 5.91 Å². The molecule has 2 aromatic rings. The van der Waals surface area contributed by atoms with Gasteiger partial charge in [0.15, 0.2) is 6.61 Å². The predicted octanol–water partition coefficient (Wildman–Crippen LogP) is 3.25. The molecule has 0 aliphatic rings. The second kappa shape index (κ2) is 7.61. The summed E-state index contributed by atoms with van der Waals surface area (Å²) in [5.74, 6) is -0.288. The van der Waals surface area contributed by atoms with E-state index in [-0.39, 0.29) is 12.5 Å². The first kappa shape index (κ1) is 16.0. The Balaban J connectivity index is 1.97. The van der Waals surface area contributed by atoms with Crippen molar-refractivity contribution in [3.8, 4) is 5.75 Å². The van der Waals surface area contributed by atoms with Crippen molar-refractivity contribution in [3.63, 3.8) is 0 Å². The molecular formula is C16H14BrNO4. The highest BCUT2D eigenvalue weighted by Gasteiger charge is 2.13. The van der Waals surface area contributed by atoms with Crippen molar-refractivity contribution in [1.29, 1.82) is 0 Å². The Morgan fingerprint density at radius 1 is 1.09 bits per heavy atom. The standard InChI is InChI=1S/C16H14BrNO4/c1-21-16(20)13-4-2-3-5-14(13)18-15(19)10-22-12-8-6-11(17)7-9-12/h2-9H,10H2,1H3,(H,18,19). The van der Waals surface area contributed by atoms with Gasteiger partial charge in [-0.25, -0.2) is 4.79 Å². The van der Waals surface area contributed by atoms with Gasteiger partial charge in [0.1, 0.15) is 5.75 Å². The number of carbonyl (C=O) groups excluding carboxylic acids is 2. The molecule has 0 saturated carbocycles. The van der Waals surface area contributed by atoms with Crippen LogP contribution in [0.15, 0.2) is 53.0 Å². The van der Waals surface area contributed by atoms with Gasteiger partial charge in [-0.2, -0.15) is 0 Å². The van der Waals surface area contributed by atoms with Crippen LogP contribution in [0.25, 0.3) is 0 Å². The molecule has 0 bridgehead atoms. The maximum Gasteiger partial charge on any atom is 0.339 e. The SMILES string of the molecule is COC(=O)c1ccccc1NC(=O)COc1ccc(Br)cc1. The first-order chi connectivity index (χ1) is 10.6. The highest BCUT2D eigenvalue weighted by molar-refractivity contribution is 9.10. The van der Waals surface area contributed by atoms with Crippen LogP contribution < -0.4 is 10.1 Å². The van der Waals surface area contributed by atoms with E-state index in [0.717, 1.165) is 4.47 Å². The van der Waals surface area contributed by atoms with E-state index in [0.29, 0.717) is 17.0 Å². The lowest BCUT2D eigenvalue weighted by molar-refractivity contribution is -0.118. The van der Waals surface area contributed by atoms with Crippen LogP contribution in [-0.2, 0) is 9.53 Å². The molecule has 0 fully saturated rings. The van der Waals surface area contributed by atoms with Gasteiger partial charge in [-0.05, 0) is 36.4 Å². The summed E-state index contributed by atoms with van der Waals surface area (Å²) < 4.78 is 11.0. The van der Waals surface area contributed by atoms with Crippen molar-refractivity contribution in [2.45, 2.75) is 0 Å². The molecule has 0 saturated heterocycles. The summed E-state index contributed by atoms with van der Waals surface area (Å²) in [4.78, 5) is 23.5. The average Bonchev–Trinajstić information content (AvgIpc) is 2.54. The molecule has 1 N–H and O–H groups in total. The van der Waals surface area contributed by atoms with E-state index in [1.165, 1.54) is 7.11 Å². The maximum atomic E-state index is 11.9. The van der Waals surface area contributed by atoms with Gasteiger partial charge in [0.05, 0.1) is 18.4 Å². The molecule has 0 unspecified atom stereocenters. The van der Waals surface area contributed by atoms with Gasteiger partial charge in [0.2, 0.25) is 0 Å². The molecule has 2 aromatic carbocycles. The lowest BCUT2D eigenvalue weighted by Crippen LogP contribution is -2.21. The van der Waals surface area contributed by atoms with Crippen LogP contribution in [-0.4, -0.2) is 25.6 Å². The molecule has 0 aliphatic heterocycles. The number of benzene rings is 2. The zero-order chi connectivity index (χ0) is 15.9. The number of hydrogen-bond acceptors (Lipinski definition) is 4. The minimum Gasteiger partial charge on any atom is -0.484 e. The van der Waals surface area contributed by atoms with E-state index in [4.69, 9.17) is 4.74 Å². The third-order valence-corrected chi connectivity index (χ3v) is 3.32. The third-order valence-electron chi connectivity index (χ3n) is 2.79. The molecule has 0 radical (unpaired) electrons. The van der Waals surface area contributed by atoms with Crippen LogP contribution in [0.5, 0.6) is 5.75 Å². The summed E-state index contributed by atoms with van der Waals surface area (Å²) in [5.41, 5.74) is 0.681. The second-order valence-corrected chi connectivity index (χ2v) is 5.24. The summed E-state index contributed by atoms with van der Waals surface area (Å²) in [6.07, 6.45) is 0. The Bertz CT molecular complexity index is 670. The fourth-order valence-corrected chi connectivity index (χ4v) is 2.01. The first-order valence-electron chi connectivity index (χ1n) is 6.45. The highest BCUT2D eigenvalue weighted by atomic mass is 79.9. The van der Waals surface area contributed by atoms with Crippen LogP contribution in [0, 0.1) is 0 Å². The molecule has 1 amide bonds. The Labute approximate surface area is 136 Å². The molecule has 0 aliphatic carbocycles. The van der Waals surface area contributed by atoms with E-state index in [1.54, 1.807) is 36.4 Å². The van der Waals surface area contributed by atoms with Crippen LogP contribution in [0.3, 0.4) is 0 Å². The number of anilines is 1. The van der Waals surface area contributed by atoms with Gasteiger partial charge in [-0.15, -0.1) is 0 Å². The van der Waals surface area contributed by atoms with E-state index < -0.39 is 5.97 Å². The highest BCUT2D eigenvalue weighted by Crippen LogP contribution is 2.17. The van der Waals surface area contributed by atoms with E-state index in [9.17, 15) is 9.59 Å². The smallest absolute Gasteiger partial charge is 0.339 e. The van der Waals surface area contributed by atoms with Crippen LogP contribution >= 0.6 is 15.9 Å². The van der Waals surface area contributed by atoms with Gasteiger partial charge in [-0.1, -0.05) is 28.1 Å². The lowest BCUT2D eigenvalue weighted by atomic mass is 10.2. The van der Waals surface area contributed by atoms with E-state index in [2.05, 4.69) is 26.0 Å². The molecular weight excluding hydrogens is 350 g/mol. The second-order valence-electron chi connectivity index (χ2n) is 4.33. The molecule has 114 valence electrons. The van der Waals surface area contributed by atoms with Crippen molar-refractivity contribution in [2.75, 3.05) is 19.0 Å². The summed E-state index contributed by atoms with van der Waals surface area (Å²) in [6.45, 7) is -0.156. The zero-order valence-electron chi connectivity index (χ0n) is 11.8. The third kappa shape index (κ3) is 4.33. The predicted molar refractivity (Wildman–Crippen MR) is 86.0 cm³/mol. The largest absolute Gasteiger partial charge is 0.484 e. The minimum atomic E-state index is -0.510. The lowest BCUT2D eigenvalue weighted by Gasteiger charge is -2.10. The molecule has 0 atom stereocenters. The molecule has 5 nitrogen and oxygen atoms in total. The van der Waals surface area contributed by atoms with Gasteiger partial charge < -0.3 is 14.8 Å². The summed E-state index contributed by atoms with van der Waals surface area (Å²) >= 11 is 3.32. The van der Waals surface area contributed by atoms with Crippen molar-refractivity contribution in [2.24, 2.45) is 0 Å². The van der Waals surface area contributed by atoms with Crippen molar-refractivity contribution in [1.82, 2.24) is 0 Å². The molecule has 6 heteroatoms. The number of esters is 1. The van der Waals surface area contributed by atoms with Crippen LogP contribution in [0.1, 0.15) is 10.4 Å². The van der Waals surface area contributed by atoms with Gasteiger partial charge in [-0.3, -0.25) is 4.79 Å². The number of amides is 1. The number of rotatable bonds is 5. The number of ether oxygens (including phenoxy) is 2. The maximum absolute atomic E-state index is 11.9. The Hall–Kier alpha value is -2.34. The quantitative estimate of drug-likeness (QED) is 0.828. The average molecular weight is 364 g/mol. The summed E-state index contributed by atoms with van der Waals surface area (Å²) in [7, 11) is 1.29. The van der Waals surface area contributed by atoms with Crippen LogP contribution in [0.4, 0.5) is 5.69 Å². The summed E-state index contributed by atoms with van der Waals surface area (Å²) in [6, 6.07) is 13.8. The first-order valence-corrected chi connectivity index (χ1v) is 7.25. The number of methoxy groups -OCH3 is 1. The molecule has 0 spiro atoms. The Kier molecular flexibility index (Phi) is 5.55. The van der Waals surface area contributed by atoms with E-state index >= 15 is 0 Å². The van der Waals surface area contributed by atoms with Crippen LogP contribution in [0.2, 0.25) is 0 Å². The number of halogens is 1. The zero-order valence-corrected chi connectivity index (χ0v) is 13.4. The molecule has 0 heterocycles. The topological polar surface area (TPSA) is 64.6 Å². The normalized spacial score (nSPS) is 9.91. The van der Waals surface area contributed by atoms with Crippen molar-refractivity contribution < 1.29 is 19.1 Å². The van der Waals surface area contributed by atoms with Gasteiger partial charge >= 0.3 is 5.97 Å². The fraction of sp³-hybridized carbons (Fsp3) is 0.125. The number of nitrogens with one attached hydrogen (secondary N) is 1. The number of para-hydroxylation sites is 1. The number of carbonyl (C=O) groups is 2. The molecule has 22 heavy (non-hydrogen) atoms.